The minimum Gasteiger partial charge on any atom is -0.446 e. The van der Waals surface area contributed by atoms with E-state index in [0.29, 0.717) is 28.0 Å². The maximum Gasteiger partial charge on any atom is 0.416 e. The van der Waals surface area contributed by atoms with Crippen LogP contribution in [0.1, 0.15) is 18.9 Å². The molecule has 6 nitrogen and oxygen atoms in total. The number of benzene rings is 1. The Morgan fingerprint density at radius 1 is 1.28 bits per heavy atom. The van der Waals surface area contributed by atoms with Crippen molar-refractivity contribution in [3.8, 4) is 11.6 Å². The Hall–Kier alpha value is -2.27. The first-order chi connectivity index (χ1) is 13.8. The van der Waals surface area contributed by atoms with Crippen molar-refractivity contribution in [3.05, 3.63) is 46.6 Å². The molecule has 11 heteroatoms. The van der Waals surface area contributed by atoms with Crippen LogP contribution >= 0.6 is 27.7 Å². The summed E-state index contributed by atoms with van der Waals surface area (Å²) in [7, 11) is 0. The van der Waals surface area contributed by atoms with E-state index in [9.17, 15) is 18.0 Å². The van der Waals surface area contributed by atoms with Crippen LogP contribution in [0.3, 0.4) is 0 Å². The molecule has 0 atom stereocenters. The SMILES string of the molecule is CCCn1c(SCC(=O)Nc2cccc(C(F)(F)F)c2)nnc1-c1ccc(Br)o1. The molecule has 0 bridgehead atoms. The number of furan rings is 1. The summed E-state index contributed by atoms with van der Waals surface area (Å²) in [6.45, 7) is 2.62. The summed E-state index contributed by atoms with van der Waals surface area (Å²) in [4.78, 5) is 12.2. The number of anilines is 1. The van der Waals surface area contributed by atoms with E-state index in [-0.39, 0.29) is 11.4 Å². The number of carbonyl (C=O) groups excluding carboxylic acids is 1. The average Bonchev–Trinajstić information content (AvgIpc) is 3.26. The van der Waals surface area contributed by atoms with Crippen LogP contribution in [0.5, 0.6) is 0 Å². The number of alkyl halides is 3. The van der Waals surface area contributed by atoms with Gasteiger partial charge in [-0.3, -0.25) is 9.36 Å². The van der Waals surface area contributed by atoms with Gasteiger partial charge < -0.3 is 9.73 Å². The molecule has 154 valence electrons. The molecule has 1 N–H and O–H groups in total. The fourth-order valence-corrected chi connectivity index (χ4v) is 3.61. The number of hydrogen-bond donors (Lipinski definition) is 1. The lowest BCUT2D eigenvalue weighted by atomic mass is 10.2. The van der Waals surface area contributed by atoms with E-state index in [1.807, 2.05) is 11.5 Å². The molecule has 0 aliphatic carbocycles. The predicted molar refractivity (Wildman–Crippen MR) is 107 cm³/mol. The molecule has 2 heterocycles. The number of halogens is 4. The molecular formula is C18H16BrF3N4O2S. The van der Waals surface area contributed by atoms with Gasteiger partial charge in [0.05, 0.1) is 11.3 Å². The van der Waals surface area contributed by atoms with Gasteiger partial charge in [-0.05, 0) is 52.7 Å². The second-order valence-corrected chi connectivity index (χ2v) is 7.70. The minimum absolute atomic E-state index is 0.0278. The molecule has 0 unspecified atom stereocenters. The zero-order valence-electron chi connectivity index (χ0n) is 15.2. The molecule has 0 spiro atoms. The molecule has 1 aromatic carbocycles. The topological polar surface area (TPSA) is 73.0 Å². The van der Waals surface area contributed by atoms with Crippen molar-refractivity contribution in [1.82, 2.24) is 14.8 Å². The van der Waals surface area contributed by atoms with Gasteiger partial charge in [-0.1, -0.05) is 24.8 Å². The highest BCUT2D eigenvalue weighted by Gasteiger charge is 2.30. The largest absolute Gasteiger partial charge is 0.446 e. The van der Waals surface area contributed by atoms with E-state index >= 15 is 0 Å². The number of amides is 1. The van der Waals surface area contributed by atoms with E-state index in [1.54, 1.807) is 12.1 Å². The molecule has 0 aliphatic heterocycles. The zero-order valence-corrected chi connectivity index (χ0v) is 17.6. The maximum absolute atomic E-state index is 12.8. The number of aromatic nitrogens is 3. The van der Waals surface area contributed by atoms with E-state index in [1.165, 1.54) is 12.1 Å². The first-order valence-electron chi connectivity index (χ1n) is 8.56. The fourth-order valence-electron chi connectivity index (χ4n) is 2.54. The summed E-state index contributed by atoms with van der Waals surface area (Å²) in [5, 5.41) is 11.3. The van der Waals surface area contributed by atoms with Crippen LogP contribution in [0, 0.1) is 0 Å². The predicted octanol–water partition coefficient (Wildman–Crippen LogP) is 5.46. The van der Waals surface area contributed by atoms with Crippen LogP contribution in [0.15, 0.2) is 50.6 Å². The maximum atomic E-state index is 12.8. The lowest BCUT2D eigenvalue weighted by Gasteiger charge is -2.10. The highest BCUT2D eigenvalue weighted by atomic mass is 79.9. The van der Waals surface area contributed by atoms with Crippen molar-refractivity contribution in [1.29, 1.82) is 0 Å². The van der Waals surface area contributed by atoms with Gasteiger partial charge in [0.25, 0.3) is 0 Å². The van der Waals surface area contributed by atoms with Crippen molar-refractivity contribution < 1.29 is 22.4 Å². The van der Waals surface area contributed by atoms with Gasteiger partial charge in [0.1, 0.15) is 0 Å². The second-order valence-electron chi connectivity index (χ2n) is 5.98. The Kier molecular flexibility index (Phi) is 6.68. The minimum atomic E-state index is -4.47. The van der Waals surface area contributed by atoms with Gasteiger partial charge in [0.2, 0.25) is 11.7 Å². The number of nitrogens with zero attached hydrogens (tertiary/aromatic N) is 3. The molecule has 3 rings (SSSR count). The van der Waals surface area contributed by atoms with E-state index < -0.39 is 17.6 Å². The monoisotopic (exact) mass is 488 g/mol. The number of rotatable bonds is 7. The Morgan fingerprint density at radius 3 is 2.72 bits per heavy atom. The zero-order chi connectivity index (χ0) is 21.0. The van der Waals surface area contributed by atoms with Crippen molar-refractivity contribution in [2.24, 2.45) is 0 Å². The first-order valence-corrected chi connectivity index (χ1v) is 10.3. The number of thioether (sulfide) groups is 1. The average molecular weight is 489 g/mol. The second kappa shape index (κ2) is 9.04. The summed E-state index contributed by atoms with van der Waals surface area (Å²) in [5.41, 5.74) is -0.735. The van der Waals surface area contributed by atoms with Crippen LogP contribution in [0.25, 0.3) is 11.6 Å². The Bertz CT molecular complexity index is 1000. The van der Waals surface area contributed by atoms with E-state index in [2.05, 4.69) is 31.4 Å². The van der Waals surface area contributed by atoms with Crippen LogP contribution in [-0.2, 0) is 17.5 Å². The third-order valence-corrected chi connectivity index (χ3v) is 5.16. The highest BCUT2D eigenvalue weighted by molar-refractivity contribution is 9.10. The molecule has 3 aromatic rings. The molecule has 0 saturated heterocycles. The molecular weight excluding hydrogens is 473 g/mol. The molecule has 0 aliphatic rings. The van der Waals surface area contributed by atoms with Crippen LogP contribution in [0.4, 0.5) is 18.9 Å². The van der Waals surface area contributed by atoms with Gasteiger partial charge >= 0.3 is 6.18 Å². The molecule has 0 saturated carbocycles. The fraction of sp³-hybridized carbons (Fsp3) is 0.278. The summed E-state index contributed by atoms with van der Waals surface area (Å²) in [5.74, 6) is 0.610. The molecule has 29 heavy (non-hydrogen) atoms. The molecule has 0 fully saturated rings. The van der Waals surface area contributed by atoms with Gasteiger partial charge in [-0.25, -0.2) is 0 Å². The summed E-state index contributed by atoms with van der Waals surface area (Å²) < 4.78 is 46.3. The summed E-state index contributed by atoms with van der Waals surface area (Å²) in [6, 6.07) is 8.01. The molecule has 2 aromatic heterocycles. The lowest BCUT2D eigenvalue weighted by molar-refractivity contribution is -0.137. The van der Waals surface area contributed by atoms with Crippen molar-refractivity contribution in [2.45, 2.75) is 31.2 Å². The van der Waals surface area contributed by atoms with Gasteiger partial charge in [0.15, 0.2) is 15.6 Å². The van der Waals surface area contributed by atoms with E-state index in [4.69, 9.17) is 4.42 Å². The first kappa shape index (κ1) is 21.4. The quantitative estimate of drug-likeness (QED) is 0.447. The van der Waals surface area contributed by atoms with Crippen LogP contribution in [0.2, 0.25) is 0 Å². The Labute approximate surface area is 177 Å². The van der Waals surface area contributed by atoms with Crippen molar-refractivity contribution in [2.75, 3.05) is 11.1 Å². The van der Waals surface area contributed by atoms with Gasteiger partial charge in [-0.15, -0.1) is 10.2 Å². The Morgan fingerprint density at radius 2 is 2.07 bits per heavy atom. The summed E-state index contributed by atoms with van der Waals surface area (Å²) in [6.07, 6.45) is -3.65. The summed E-state index contributed by atoms with van der Waals surface area (Å²) >= 11 is 4.39. The number of nitrogens with one attached hydrogen (secondary N) is 1. The third-order valence-electron chi connectivity index (χ3n) is 3.76. The Balaban J connectivity index is 1.68. The third kappa shape index (κ3) is 5.41. The van der Waals surface area contributed by atoms with Crippen molar-refractivity contribution in [3.63, 3.8) is 0 Å². The number of carbonyl (C=O) groups is 1. The van der Waals surface area contributed by atoms with Gasteiger partial charge in [-0.2, -0.15) is 13.2 Å². The highest BCUT2D eigenvalue weighted by Crippen LogP contribution is 2.31. The number of hydrogen-bond acceptors (Lipinski definition) is 5. The van der Waals surface area contributed by atoms with Crippen LogP contribution in [-0.4, -0.2) is 26.4 Å². The standard InChI is InChI=1S/C18H16BrF3N4O2S/c1-2-8-26-16(13-6-7-14(19)28-13)24-25-17(26)29-10-15(27)23-12-5-3-4-11(9-12)18(20,21)22/h3-7,9H,2,8,10H2,1H3,(H,23,27). The van der Waals surface area contributed by atoms with E-state index in [0.717, 1.165) is 30.3 Å². The molecule has 0 radical (unpaired) electrons. The smallest absolute Gasteiger partial charge is 0.416 e. The normalized spacial score (nSPS) is 11.6. The van der Waals surface area contributed by atoms with Crippen molar-refractivity contribution >= 4 is 39.3 Å². The lowest BCUT2D eigenvalue weighted by Crippen LogP contribution is -2.15. The molecule has 1 amide bonds. The van der Waals surface area contributed by atoms with Crippen LogP contribution < -0.4 is 5.32 Å². The van der Waals surface area contributed by atoms with Gasteiger partial charge in [0, 0.05) is 12.2 Å².